The van der Waals surface area contributed by atoms with Crippen molar-refractivity contribution in [1.82, 2.24) is 5.32 Å². The van der Waals surface area contributed by atoms with Gasteiger partial charge in [0, 0.05) is 33.2 Å². The number of rotatable bonds is 8. The first-order valence-electron chi connectivity index (χ1n) is 11.8. The molecule has 0 bridgehead atoms. The highest BCUT2D eigenvalue weighted by molar-refractivity contribution is 5.73. The molecule has 0 spiro atoms. The van der Waals surface area contributed by atoms with Crippen LogP contribution in [0.15, 0.2) is 42.5 Å². The number of esters is 2. The lowest BCUT2D eigenvalue weighted by atomic mass is 9.91. The average Bonchev–Trinajstić information content (AvgIpc) is 2.79. The molecule has 1 unspecified atom stereocenters. The number of carbonyl (C=O) groups is 3. The fourth-order valence-electron chi connectivity index (χ4n) is 4.19. The first-order chi connectivity index (χ1) is 17.0. The van der Waals surface area contributed by atoms with Crippen LogP contribution < -0.4 is 10.1 Å². The van der Waals surface area contributed by atoms with E-state index in [0.717, 1.165) is 11.1 Å². The van der Waals surface area contributed by atoms with Gasteiger partial charge in [-0.25, -0.2) is 4.39 Å². The molecule has 5 atom stereocenters. The number of nitrogens with one attached hydrogen (secondary N) is 1. The molecule has 3 rings (SSSR count). The van der Waals surface area contributed by atoms with Crippen LogP contribution in [0.5, 0.6) is 5.75 Å². The van der Waals surface area contributed by atoms with Gasteiger partial charge in [0.25, 0.3) is 0 Å². The fourth-order valence-corrected chi connectivity index (χ4v) is 4.19. The van der Waals surface area contributed by atoms with Crippen LogP contribution in [0.25, 0.3) is 11.1 Å². The Morgan fingerprint density at radius 3 is 2.31 bits per heavy atom. The number of hydrogen-bond acceptors (Lipinski definition) is 7. The minimum atomic E-state index is -1.05. The Morgan fingerprint density at radius 1 is 0.972 bits per heavy atom. The van der Waals surface area contributed by atoms with Crippen LogP contribution in [-0.4, -0.2) is 49.0 Å². The van der Waals surface area contributed by atoms with Gasteiger partial charge in [0.2, 0.25) is 18.3 Å². The van der Waals surface area contributed by atoms with E-state index in [1.807, 2.05) is 19.9 Å². The van der Waals surface area contributed by atoms with Gasteiger partial charge in [-0.2, -0.15) is 0 Å². The second-order valence-electron chi connectivity index (χ2n) is 8.90. The summed E-state index contributed by atoms with van der Waals surface area (Å²) in [4.78, 5) is 34.9. The molecule has 1 fully saturated rings. The molecule has 2 aromatic rings. The van der Waals surface area contributed by atoms with Crippen LogP contribution in [0.2, 0.25) is 0 Å². The SMILES string of the molecule is CC(=O)NCCc1ccc(OC2O[C@H](C)[C@@H](C)[C@H](OC(C)=O)[C@H]2OC(C)=O)cc1-c1cccc(F)c1. The summed E-state index contributed by atoms with van der Waals surface area (Å²) >= 11 is 0. The molecule has 0 aliphatic carbocycles. The van der Waals surface area contributed by atoms with Gasteiger partial charge in [0.05, 0.1) is 6.10 Å². The van der Waals surface area contributed by atoms with Crippen LogP contribution in [-0.2, 0) is 35.0 Å². The molecule has 1 amide bonds. The number of halogens is 1. The van der Waals surface area contributed by atoms with Gasteiger partial charge in [-0.1, -0.05) is 25.1 Å². The van der Waals surface area contributed by atoms with Crippen molar-refractivity contribution < 1.29 is 37.7 Å². The molecule has 1 aliphatic rings. The first kappa shape index (κ1) is 27.1. The van der Waals surface area contributed by atoms with E-state index in [1.54, 1.807) is 24.3 Å². The van der Waals surface area contributed by atoms with E-state index in [9.17, 15) is 18.8 Å². The number of benzene rings is 2. The third-order valence-electron chi connectivity index (χ3n) is 6.04. The van der Waals surface area contributed by atoms with Crippen LogP contribution in [0.3, 0.4) is 0 Å². The Balaban J connectivity index is 1.94. The number of amides is 1. The molecule has 1 saturated heterocycles. The molecule has 1 aliphatic heterocycles. The Kier molecular flexibility index (Phi) is 9.03. The molecule has 9 heteroatoms. The molecule has 8 nitrogen and oxygen atoms in total. The molecule has 1 N–H and O–H groups in total. The van der Waals surface area contributed by atoms with E-state index in [-0.39, 0.29) is 23.7 Å². The summed E-state index contributed by atoms with van der Waals surface area (Å²) in [6, 6.07) is 11.5. The lowest BCUT2D eigenvalue weighted by molar-refractivity contribution is -0.263. The molecule has 0 radical (unpaired) electrons. The molecule has 0 saturated carbocycles. The lowest BCUT2D eigenvalue weighted by Crippen LogP contribution is -2.57. The Morgan fingerprint density at radius 2 is 1.67 bits per heavy atom. The van der Waals surface area contributed by atoms with Crippen molar-refractivity contribution in [2.24, 2.45) is 5.92 Å². The van der Waals surface area contributed by atoms with E-state index in [1.165, 1.54) is 32.9 Å². The summed E-state index contributed by atoms with van der Waals surface area (Å²) in [5.74, 6) is -1.46. The van der Waals surface area contributed by atoms with E-state index >= 15 is 0 Å². The monoisotopic (exact) mass is 501 g/mol. The van der Waals surface area contributed by atoms with Crippen molar-refractivity contribution in [3.05, 3.63) is 53.8 Å². The van der Waals surface area contributed by atoms with Crippen molar-refractivity contribution >= 4 is 17.8 Å². The zero-order valence-corrected chi connectivity index (χ0v) is 21.1. The highest BCUT2D eigenvalue weighted by Gasteiger charge is 2.47. The van der Waals surface area contributed by atoms with Crippen molar-refractivity contribution in [3.8, 4) is 16.9 Å². The smallest absolute Gasteiger partial charge is 0.303 e. The Labute approximate surface area is 210 Å². The summed E-state index contributed by atoms with van der Waals surface area (Å²) < 4.78 is 37.1. The summed E-state index contributed by atoms with van der Waals surface area (Å²) in [6.45, 7) is 8.08. The van der Waals surface area contributed by atoms with Crippen molar-refractivity contribution in [1.29, 1.82) is 0 Å². The summed E-state index contributed by atoms with van der Waals surface area (Å²) in [5.41, 5.74) is 2.23. The maximum absolute atomic E-state index is 14.0. The second-order valence-corrected chi connectivity index (χ2v) is 8.90. The van der Waals surface area contributed by atoms with Gasteiger partial charge in [0.1, 0.15) is 17.7 Å². The molecule has 2 aromatic carbocycles. The normalized spacial score (nSPS) is 23.4. The number of carbonyl (C=O) groups excluding carboxylic acids is 3. The fraction of sp³-hybridized carbons (Fsp3) is 0.444. The average molecular weight is 502 g/mol. The van der Waals surface area contributed by atoms with E-state index in [4.69, 9.17) is 18.9 Å². The molecular formula is C27H32FNO7. The molecule has 36 heavy (non-hydrogen) atoms. The van der Waals surface area contributed by atoms with Crippen molar-refractivity contribution in [2.75, 3.05) is 6.54 Å². The maximum Gasteiger partial charge on any atom is 0.303 e. The molecule has 194 valence electrons. The van der Waals surface area contributed by atoms with Crippen LogP contribution in [0, 0.1) is 11.7 Å². The topological polar surface area (TPSA) is 100 Å². The molecular weight excluding hydrogens is 469 g/mol. The maximum atomic E-state index is 14.0. The van der Waals surface area contributed by atoms with E-state index < -0.39 is 30.4 Å². The van der Waals surface area contributed by atoms with Gasteiger partial charge in [-0.05, 0) is 54.3 Å². The van der Waals surface area contributed by atoms with Gasteiger partial charge >= 0.3 is 11.9 Å². The number of hydrogen-bond donors (Lipinski definition) is 1. The Hall–Kier alpha value is -3.46. The predicted molar refractivity (Wildman–Crippen MR) is 129 cm³/mol. The van der Waals surface area contributed by atoms with E-state index in [0.29, 0.717) is 24.3 Å². The van der Waals surface area contributed by atoms with Gasteiger partial charge in [0.15, 0.2) is 0 Å². The minimum absolute atomic E-state index is 0.140. The van der Waals surface area contributed by atoms with Crippen LogP contribution >= 0.6 is 0 Å². The molecule has 0 aromatic heterocycles. The minimum Gasteiger partial charge on any atom is -0.461 e. The summed E-state index contributed by atoms with van der Waals surface area (Å²) in [5, 5.41) is 2.76. The quantitative estimate of drug-likeness (QED) is 0.549. The largest absolute Gasteiger partial charge is 0.461 e. The van der Waals surface area contributed by atoms with Gasteiger partial charge in [-0.3, -0.25) is 14.4 Å². The first-order valence-corrected chi connectivity index (χ1v) is 11.8. The number of ether oxygens (including phenoxy) is 4. The third kappa shape index (κ3) is 7.04. The van der Waals surface area contributed by atoms with Crippen LogP contribution in [0.1, 0.15) is 40.2 Å². The standard InChI is InChI=1S/C27H32FNO7/c1-15-16(2)33-27(26(35-19(5)32)25(15)34-18(4)31)36-23-10-9-20(11-12-29-17(3)30)24(14-23)21-7-6-8-22(28)13-21/h6-10,13-16,25-27H,11-12H2,1-5H3,(H,29,30)/t15-,16-,25+,26-,27?/m1/s1. The zero-order chi connectivity index (χ0) is 26.4. The Bertz CT molecular complexity index is 1110. The van der Waals surface area contributed by atoms with Crippen LogP contribution in [0.4, 0.5) is 4.39 Å². The van der Waals surface area contributed by atoms with Gasteiger partial charge in [-0.15, -0.1) is 0 Å². The lowest BCUT2D eigenvalue weighted by Gasteiger charge is -2.43. The van der Waals surface area contributed by atoms with Crippen molar-refractivity contribution in [2.45, 2.75) is 65.6 Å². The molecule has 1 heterocycles. The third-order valence-corrected chi connectivity index (χ3v) is 6.04. The highest BCUT2D eigenvalue weighted by atomic mass is 19.1. The van der Waals surface area contributed by atoms with Gasteiger partial charge < -0.3 is 24.3 Å². The highest BCUT2D eigenvalue weighted by Crippen LogP contribution is 2.34. The summed E-state index contributed by atoms with van der Waals surface area (Å²) in [7, 11) is 0. The zero-order valence-electron chi connectivity index (χ0n) is 21.1. The van der Waals surface area contributed by atoms with E-state index in [2.05, 4.69) is 5.32 Å². The predicted octanol–water partition coefficient (Wildman–Crippen LogP) is 3.79. The summed E-state index contributed by atoms with van der Waals surface area (Å²) in [6.07, 6.45) is -2.64. The van der Waals surface area contributed by atoms with Crippen molar-refractivity contribution in [3.63, 3.8) is 0 Å². The second kappa shape index (κ2) is 12.0.